The summed E-state index contributed by atoms with van der Waals surface area (Å²) in [6.45, 7) is 8.61. The lowest BCUT2D eigenvalue weighted by Gasteiger charge is -2.13. The molecule has 3 rings (SSSR count). The summed E-state index contributed by atoms with van der Waals surface area (Å²) in [5, 5.41) is 9.60. The monoisotopic (exact) mass is 464 g/mol. The van der Waals surface area contributed by atoms with Crippen molar-refractivity contribution >= 4 is 5.97 Å². The maximum absolute atomic E-state index is 11.7. The highest BCUT2D eigenvalue weighted by Crippen LogP contribution is 2.22. The van der Waals surface area contributed by atoms with Crippen LogP contribution in [0.3, 0.4) is 0 Å². The zero-order valence-corrected chi connectivity index (χ0v) is 20.1. The van der Waals surface area contributed by atoms with Crippen LogP contribution in [-0.2, 0) is 22.5 Å². The van der Waals surface area contributed by atoms with E-state index in [0.29, 0.717) is 42.9 Å². The SMILES string of the molecule is CC(NOCC(C)C)=C(Cc1ccc(OCCc2nc(-c3ccccc3)oc2C)cc1)C(=O)O. The number of carboxylic acid groups (broad SMARTS) is 1. The van der Waals surface area contributed by atoms with E-state index >= 15 is 0 Å². The predicted octanol–water partition coefficient (Wildman–Crippen LogP) is 5.35. The molecule has 3 aromatic rings. The van der Waals surface area contributed by atoms with E-state index in [9.17, 15) is 9.90 Å². The molecule has 0 aliphatic heterocycles. The molecule has 2 aromatic carbocycles. The molecule has 0 bridgehead atoms. The topological polar surface area (TPSA) is 93.8 Å². The first-order valence-corrected chi connectivity index (χ1v) is 11.4. The van der Waals surface area contributed by atoms with Crippen LogP contribution in [0.4, 0.5) is 0 Å². The standard InChI is InChI=1S/C27H32N2O5/c1-18(2)17-33-29-19(3)24(27(30)31)16-21-10-12-23(13-11-21)32-15-14-25-20(4)34-26(28-25)22-8-6-5-7-9-22/h5-13,18,29H,14-17H2,1-4H3,(H,30,31). The Morgan fingerprint density at radius 1 is 1.12 bits per heavy atom. The normalized spacial score (nSPS) is 11.9. The van der Waals surface area contributed by atoms with Crippen molar-refractivity contribution in [2.45, 2.75) is 40.5 Å². The van der Waals surface area contributed by atoms with Crippen LogP contribution in [-0.4, -0.2) is 29.3 Å². The van der Waals surface area contributed by atoms with Crippen molar-refractivity contribution in [2.75, 3.05) is 13.2 Å². The van der Waals surface area contributed by atoms with Gasteiger partial charge in [-0.25, -0.2) is 9.78 Å². The summed E-state index contributed by atoms with van der Waals surface area (Å²) in [7, 11) is 0. The third-order valence-corrected chi connectivity index (χ3v) is 5.18. The number of aryl methyl sites for hydroxylation is 1. The van der Waals surface area contributed by atoms with E-state index in [0.717, 1.165) is 22.6 Å². The molecule has 0 spiro atoms. The number of carbonyl (C=O) groups is 1. The molecule has 0 aliphatic rings. The van der Waals surface area contributed by atoms with Gasteiger partial charge in [0.25, 0.3) is 0 Å². The fraction of sp³-hybridized carbons (Fsp3) is 0.333. The van der Waals surface area contributed by atoms with E-state index < -0.39 is 5.97 Å². The molecule has 0 aliphatic carbocycles. The number of nitrogens with zero attached hydrogens (tertiary/aromatic N) is 1. The van der Waals surface area contributed by atoms with Crippen molar-refractivity contribution in [1.29, 1.82) is 0 Å². The Hall–Kier alpha value is -3.58. The van der Waals surface area contributed by atoms with Gasteiger partial charge in [0.1, 0.15) is 11.5 Å². The summed E-state index contributed by atoms with van der Waals surface area (Å²) < 4.78 is 11.7. The number of benzene rings is 2. The van der Waals surface area contributed by atoms with Gasteiger partial charge in [0, 0.05) is 24.1 Å². The molecular formula is C27H32N2O5. The molecular weight excluding hydrogens is 432 g/mol. The summed E-state index contributed by atoms with van der Waals surface area (Å²) in [4.78, 5) is 21.7. The number of rotatable bonds is 12. The molecule has 0 atom stereocenters. The van der Waals surface area contributed by atoms with Crippen molar-refractivity contribution in [3.63, 3.8) is 0 Å². The summed E-state index contributed by atoms with van der Waals surface area (Å²) >= 11 is 0. The highest BCUT2D eigenvalue weighted by Gasteiger charge is 2.14. The minimum Gasteiger partial charge on any atom is -0.493 e. The van der Waals surface area contributed by atoms with Crippen LogP contribution in [0.1, 0.15) is 37.8 Å². The summed E-state index contributed by atoms with van der Waals surface area (Å²) in [5.41, 5.74) is 6.18. The quantitative estimate of drug-likeness (QED) is 0.276. The van der Waals surface area contributed by atoms with E-state index in [-0.39, 0.29) is 12.0 Å². The molecule has 0 amide bonds. The molecule has 2 N–H and O–H groups in total. The highest BCUT2D eigenvalue weighted by atomic mass is 16.6. The Balaban J connectivity index is 1.54. The van der Waals surface area contributed by atoms with E-state index in [1.807, 2.05) is 75.4 Å². The summed E-state index contributed by atoms with van der Waals surface area (Å²) in [5.74, 6) is 1.48. The average Bonchev–Trinajstić information content (AvgIpc) is 3.19. The molecule has 7 heteroatoms. The Labute approximate surface area is 200 Å². The van der Waals surface area contributed by atoms with Gasteiger partial charge in [0.2, 0.25) is 5.89 Å². The zero-order chi connectivity index (χ0) is 24.5. The van der Waals surface area contributed by atoms with Gasteiger partial charge in [-0.2, -0.15) is 0 Å². The predicted molar refractivity (Wildman–Crippen MR) is 130 cm³/mol. The number of oxazole rings is 1. The number of aromatic nitrogens is 1. The Morgan fingerprint density at radius 3 is 2.47 bits per heavy atom. The first-order chi connectivity index (χ1) is 16.3. The van der Waals surface area contributed by atoms with Crippen molar-refractivity contribution in [3.8, 4) is 17.2 Å². The lowest BCUT2D eigenvalue weighted by molar-refractivity contribution is -0.133. The Bertz CT molecular complexity index is 1100. The van der Waals surface area contributed by atoms with Crippen LogP contribution in [0.5, 0.6) is 5.75 Å². The number of nitrogens with one attached hydrogen (secondary N) is 1. The minimum atomic E-state index is -0.976. The van der Waals surface area contributed by atoms with Crippen LogP contribution in [0.15, 0.2) is 70.3 Å². The first-order valence-electron chi connectivity index (χ1n) is 11.4. The largest absolute Gasteiger partial charge is 0.493 e. The first kappa shape index (κ1) is 25.1. The Kier molecular flexibility index (Phi) is 8.87. The van der Waals surface area contributed by atoms with Gasteiger partial charge in [0.05, 0.1) is 24.5 Å². The van der Waals surface area contributed by atoms with Gasteiger partial charge in [-0.05, 0) is 49.6 Å². The van der Waals surface area contributed by atoms with Crippen molar-refractivity contribution < 1.29 is 23.9 Å². The van der Waals surface area contributed by atoms with Gasteiger partial charge in [-0.1, -0.05) is 44.2 Å². The molecule has 180 valence electrons. The highest BCUT2D eigenvalue weighted by molar-refractivity contribution is 5.87. The smallest absolute Gasteiger partial charge is 0.333 e. The van der Waals surface area contributed by atoms with Gasteiger partial charge < -0.3 is 14.3 Å². The second-order valence-electron chi connectivity index (χ2n) is 8.52. The molecule has 0 fully saturated rings. The molecule has 1 aromatic heterocycles. The molecule has 0 radical (unpaired) electrons. The second kappa shape index (κ2) is 12.0. The Morgan fingerprint density at radius 2 is 1.82 bits per heavy atom. The third-order valence-electron chi connectivity index (χ3n) is 5.18. The number of aliphatic carboxylic acids is 1. The lowest BCUT2D eigenvalue weighted by atomic mass is 10.0. The number of hydrogen-bond donors (Lipinski definition) is 2. The fourth-order valence-electron chi connectivity index (χ4n) is 3.28. The number of hydroxylamine groups is 1. The maximum atomic E-state index is 11.7. The number of carboxylic acids is 1. The van der Waals surface area contributed by atoms with Crippen LogP contribution in [0.2, 0.25) is 0 Å². The number of ether oxygens (including phenoxy) is 1. The maximum Gasteiger partial charge on any atom is 0.333 e. The summed E-state index contributed by atoms with van der Waals surface area (Å²) in [6, 6.07) is 17.2. The van der Waals surface area contributed by atoms with E-state index in [1.165, 1.54) is 0 Å². The van der Waals surface area contributed by atoms with E-state index in [1.54, 1.807) is 6.92 Å². The van der Waals surface area contributed by atoms with E-state index in [2.05, 4.69) is 10.5 Å². The van der Waals surface area contributed by atoms with Gasteiger partial charge in [-0.3, -0.25) is 10.3 Å². The molecule has 0 saturated carbocycles. The second-order valence-corrected chi connectivity index (χ2v) is 8.52. The van der Waals surface area contributed by atoms with Gasteiger partial charge in [-0.15, -0.1) is 0 Å². The molecule has 34 heavy (non-hydrogen) atoms. The number of allylic oxidation sites excluding steroid dienone is 1. The van der Waals surface area contributed by atoms with Crippen molar-refractivity contribution in [1.82, 2.24) is 10.5 Å². The minimum absolute atomic E-state index is 0.258. The van der Waals surface area contributed by atoms with Crippen molar-refractivity contribution in [2.24, 2.45) is 5.92 Å². The van der Waals surface area contributed by atoms with Crippen molar-refractivity contribution in [3.05, 3.63) is 82.9 Å². The molecule has 0 unspecified atom stereocenters. The van der Waals surface area contributed by atoms with Gasteiger partial charge in [0.15, 0.2) is 0 Å². The molecule has 0 saturated heterocycles. The van der Waals surface area contributed by atoms with Gasteiger partial charge >= 0.3 is 5.97 Å². The molecule has 7 nitrogen and oxygen atoms in total. The summed E-state index contributed by atoms with van der Waals surface area (Å²) in [6.07, 6.45) is 0.900. The number of hydrogen-bond acceptors (Lipinski definition) is 6. The van der Waals surface area contributed by atoms with E-state index in [4.69, 9.17) is 14.0 Å². The van der Waals surface area contributed by atoms with Crippen LogP contribution >= 0.6 is 0 Å². The lowest BCUT2D eigenvalue weighted by Crippen LogP contribution is -2.20. The fourth-order valence-corrected chi connectivity index (χ4v) is 3.28. The third kappa shape index (κ3) is 7.22. The average molecular weight is 465 g/mol. The van der Waals surface area contributed by atoms with Crippen LogP contribution < -0.4 is 10.2 Å². The zero-order valence-electron chi connectivity index (χ0n) is 20.1. The van der Waals surface area contributed by atoms with Crippen LogP contribution in [0, 0.1) is 12.8 Å². The van der Waals surface area contributed by atoms with Crippen LogP contribution in [0.25, 0.3) is 11.5 Å². The molecule has 1 heterocycles.